The van der Waals surface area contributed by atoms with E-state index in [1.54, 1.807) is 30.5 Å². The number of rotatable bonds is 9. The fourth-order valence-electron chi connectivity index (χ4n) is 5.18. The maximum Gasteiger partial charge on any atom is 0.357 e. The zero-order chi connectivity index (χ0) is 26.4. The van der Waals surface area contributed by atoms with Crippen molar-refractivity contribution in [2.24, 2.45) is 11.8 Å². The molecular weight excluding hydrogens is 492 g/mol. The number of aryl methyl sites for hydroxylation is 1. The highest BCUT2D eigenvalue weighted by molar-refractivity contribution is 7.09. The number of aliphatic hydroxyl groups excluding tert-OH is 1. The van der Waals surface area contributed by atoms with Gasteiger partial charge in [-0.2, -0.15) is 5.26 Å². The van der Waals surface area contributed by atoms with Crippen LogP contribution in [0, 0.1) is 23.2 Å². The van der Waals surface area contributed by atoms with E-state index in [2.05, 4.69) is 11.1 Å². The quantitative estimate of drug-likeness (QED) is 0.375. The zero-order valence-electron chi connectivity index (χ0n) is 21.0. The van der Waals surface area contributed by atoms with Gasteiger partial charge in [0.15, 0.2) is 5.69 Å². The molecule has 9 heteroatoms. The van der Waals surface area contributed by atoms with Crippen LogP contribution in [0.2, 0.25) is 0 Å². The molecule has 1 aromatic carbocycles. The van der Waals surface area contributed by atoms with Crippen molar-refractivity contribution >= 4 is 23.3 Å². The van der Waals surface area contributed by atoms with E-state index in [0.29, 0.717) is 37.1 Å². The summed E-state index contributed by atoms with van der Waals surface area (Å²) in [6.07, 6.45) is 5.91. The van der Waals surface area contributed by atoms with Crippen molar-refractivity contribution in [3.8, 4) is 6.07 Å². The second kappa shape index (κ2) is 12.5. The van der Waals surface area contributed by atoms with Gasteiger partial charge in [0.1, 0.15) is 17.2 Å². The summed E-state index contributed by atoms with van der Waals surface area (Å²) in [6.45, 7) is 3.46. The highest BCUT2D eigenvalue weighted by Crippen LogP contribution is 2.47. The van der Waals surface area contributed by atoms with Gasteiger partial charge in [-0.05, 0) is 56.2 Å². The van der Waals surface area contributed by atoms with Gasteiger partial charge in [0.05, 0.1) is 30.4 Å². The predicted molar refractivity (Wildman–Crippen MR) is 137 cm³/mol. The minimum atomic E-state index is -0.637. The molecule has 0 amide bonds. The van der Waals surface area contributed by atoms with Crippen molar-refractivity contribution in [2.75, 3.05) is 6.61 Å². The minimum absolute atomic E-state index is 0.0502. The first-order valence-electron chi connectivity index (χ1n) is 12.7. The third kappa shape index (κ3) is 6.83. The fourth-order valence-corrected chi connectivity index (χ4v) is 6.04. The van der Waals surface area contributed by atoms with E-state index in [1.807, 2.05) is 18.2 Å². The number of hydrogen-bond acceptors (Lipinski definition) is 9. The predicted octanol–water partition coefficient (Wildman–Crippen LogP) is 4.53. The lowest BCUT2D eigenvalue weighted by Gasteiger charge is -2.33. The SMILES string of the molecule is CCOC(=O)c1csc([C@H]2CC[C@@H]3[C@@H](/C=C/C(O)CCc4ccc(C#N)cc4)[C@H](OC(C)=O)C[C@@H]3O2)n1. The number of nitrogens with zero attached hydrogens (tertiary/aromatic N) is 2. The Morgan fingerprint density at radius 3 is 2.81 bits per heavy atom. The number of benzene rings is 1. The molecule has 0 radical (unpaired) electrons. The molecule has 1 saturated heterocycles. The molecular formula is C28H32N2O6S. The standard InChI is InChI=1S/C28H32N2O6S/c1-3-34-28(33)23-16-37-27(30-23)24-13-12-22-21(25(35-17(2)31)14-26(22)36-24)11-10-20(32)9-8-18-4-6-19(15-29)7-5-18/h4-7,10-11,16,20-22,24-26,32H,3,8-9,12-14H2,1-2H3/b11-10+/t20?,21-,22-,24-,25-,26+/m1/s1. The van der Waals surface area contributed by atoms with Crippen LogP contribution in [0.1, 0.15) is 72.3 Å². The van der Waals surface area contributed by atoms with Gasteiger partial charge < -0.3 is 19.3 Å². The molecule has 1 saturated carbocycles. The number of carbonyl (C=O) groups is 2. The van der Waals surface area contributed by atoms with Crippen LogP contribution >= 0.6 is 11.3 Å². The van der Waals surface area contributed by atoms with E-state index in [-0.39, 0.29) is 36.1 Å². The second-order valence-corrected chi connectivity index (χ2v) is 10.3. The third-order valence-electron chi connectivity index (χ3n) is 6.93. The summed E-state index contributed by atoms with van der Waals surface area (Å²) in [6, 6.07) is 9.47. The number of esters is 2. The van der Waals surface area contributed by atoms with Gasteiger partial charge in [-0.25, -0.2) is 9.78 Å². The maximum atomic E-state index is 12.0. The van der Waals surface area contributed by atoms with E-state index in [0.717, 1.165) is 23.4 Å². The molecule has 2 aliphatic rings. The first-order valence-corrected chi connectivity index (χ1v) is 13.6. The van der Waals surface area contributed by atoms with Gasteiger partial charge in [0.2, 0.25) is 0 Å². The van der Waals surface area contributed by atoms with E-state index < -0.39 is 12.1 Å². The average molecular weight is 525 g/mol. The first kappa shape index (κ1) is 27.0. The lowest BCUT2D eigenvalue weighted by molar-refractivity contribution is -0.147. The fraction of sp³-hybridized carbons (Fsp3) is 0.500. The summed E-state index contributed by atoms with van der Waals surface area (Å²) < 4.78 is 17.1. The Morgan fingerprint density at radius 1 is 1.32 bits per heavy atom. The van der Waals surface area contributed by atoms with Crippen molar-refractivity contribution in [1.82, 2.24) is 4.98 Å². The molecule has 196 valence electrons. The molecule has 6 atom stereocenters. The number of hydrogen-bond donors (Lipinski definition) is 1. The van der Waals surface area contributed by atoms with Gasteiger partial charge >= 0.3 is 11.9 Å². The number of thiazole rings is 1. The zero-order valence-corrected chi connectivity index (χ0v) is 21.9. The lowest BCUT2D eigenvalue weighted by atomic mass is 9.86. The van der Waals surface area contributed by atoms with Gasteiger partial charge in [0, 0.05) is 24.6 Å². The van der Waals surface area contributed by atoms with Crippen molar-refractivity contribution in [1.29, 1.82) is 5.26 Å². The van der Waals surface area contributed by atoms with E-state index >= 15 is 0 Å². The Kier molecular flexibility index (Phi) is 9.09. The second-order valence-electron chi connectivity index (χ2n) is 9.46. The number of fused-ring (bicyclic) bond motifs is 1. The van der Waals surface area contributed by atoms with Crippen LogP contribution in [-0.4, -0.2) is 46.9 Å². The average Bonchev–Trinajstić information content (AvgIpc) is 3.51. The van der Waals surface area contributed by atoms with Crippen LogP contribution in [0.5, 0.6) is 0 Å². The molecule has 2 aromatic rings. The summed E-state index contributed by atoms with van der Waals surface area (Å²) in [5.41, 5.74) is 1.97. The van der Waals surface area contributed by atoms with E-state index in [1.165, 1.54) is 18.3 Å². The van der Waals surface area contributed by atoms with Crippen LogP contribution in [0.3, 0.4) is 0 Å². The van der Waals surface area contributed by atoms with Crippen LogP contribution in [0.4, 0.5) is 0 Å². The van der Waals surface area contributed by atoms with Crippen LogP contribution in [-0.2, 0) is 25.4 Å². The molecule has 1 aliphatic heterocycles. The van der Waals surface area contributed by atoms with Crippen LogP contribution in [0.15, 0.2) is 41.8 Å². The van der Waals surface area contributed by atoms with Crippen LogP contribution < -0.4 is 0 Å². The molecule has 0 bridgehead atoms. The lowest BCUT2D eigenvalue weighted by Crippen LogP contribution is -2.30. The highest BCUT2D eigenvalue weighted by Gasteiger charge is 2.48. The third-order valence-corrected chi connectivity index (χ3v) is 7.87. The molecule has 1 unspecified atom stereocenters. The summed E-state index contributed by atoms with van der Waals surface area (Å²) >= 11 is 1.39. The van der Waals surface area contributed by atoms with Crippen LogP contribution in [0.25, 0.3) is 0 Å². The summed E-state index contributed by atoms with van der Waals surface area (Å²) in [5.74, 6) is -0.658. The molecule has 1 N–H and O–H groups in total. The number of aliphatic hydroxyl groups is 1. The van der Waals surface area contributed by atoms with Crippen molar-refractivity contribution < 1.29 is 28.9 Å². The molecule has 37 heavy (non-hydrogen) atoms. The Labute approximate surface area is 220 Å². The molecule has 0 spiro atoms. The minimum Gasteiger partial charge on any atom is -0.462 e. The molecule has 1 aromatic heterocycles. The highest BCUT2D eigenvalue weighted by atomic mass is 32.1. The summed E-state index contributed by atoms with van der Waals surface area (Å²) in [4.78, 5) is 28.2. The topological polar surface area (TPSA) is 119 Å². The number of nitriles is 1. The number of carbonyl (C=O) groups excluding carboxylic acids is 2. The Balaban J connectivity index is 1.38. The maximum absolute atomic E-state index is 12.0. The smallest absolute Gasteiger partial charge is 0.357 e. The molecule has 8 nitrogen and oxygen atoms in total. The molecule has 4 rings (SSSR count). The first-order chi connectivity index (χ1) is 17.9. The van der Waals surface area contributed by atoms with Gasteiger partial charge in [-0.1, -0.05) is 24.3 Å². The van der Waals surface area contributed by atoms with Crippen molar-refractivity contribution in [3.63, 3.8) is 0 Å². The van der Waals surface area contributed by atoms with E-state index in [4.69, 9.17) is 19.5 Å². The summed E-state index contributed by atoms with van der Waals surface area (Å²) in [5, 5.41) is 22.0. The van der Waals surface area contributed by atoms with Gasteiger partial charge in [-0.3, -0.25) is 4.79 Å². The molecule has 1 aliphatic carbocycles. The van der Waals surface area contributed by atoms with E-state index in [9.17, 15) is 14.7 Å². The number of aromatic nitrogens is 1. The van der Waals surface area contributed by atoms with Gasteiger partial charge in [-0.15, -0.1) is 11.3 Å². The Morgan fingerprint density at radius 2 is 2.11 bits per heavy atom. The van der Waals surface area contributed by atoms with Crippen molar-refractivity contribution in [3.05, 3.63) is 63.6 Å². The normalized spacial score (nSPS) is 25.8. The largest absolute Gasteiger partial charge is 0.462 e. The Bertz CT molecular complexity index is 1150. The van der Waals surface area contributed by atoms with Crippen molar-refractivity contribution in [2.45, 2.75) is 70.4 Å². The Hall–Kier alpha value is -3.06. The van der Waals surface area contributed by atoms with Gasteiger partial charge in [0.25, 0.3) is 0 Å². The molecule has 2 heterocycles. The number of ether oxygens (including phenoxy) is 3. The monoisotopic (exact) mass is 524 g/mol. The summed E-state index contributed by atoms with van der Waals surface area (Å²) in [7, 11) is 0. The molecule has 2 fully saturated rings.